The Morgan fingerprint density at radius 2 is 1.73 bits per heavy atom. The van der Waals surface area contributed by atoms with Gasteiger partial charge in [-0.15, -0.1) is 0 Å². The summed E-state index contributed by atoms with van der Waals surface area (Å²) in [5.74, 6) is -3.43. The number of hydrogen-bond acceptors (Lipinski definition) is 5. The smallest absolute Gasteiger partial charge is 0.287 e. The molecule has 0 unspecified atom stereocenters. The van der Waals surface area contributed by atoms with Crippen LogP contribution in [0.25, 0.3) is 0 Å². The average molecular weight is 259 g/mol. The molecule has 0 amide bonds. The number of nitrogens with zero attached hydrogens (tertiary/aromatic N) is 3. The fourth-order valence-electron chi connectivity index (χ4n) is 0.669. The molecular formula is C6H6Cl2F2N4O. The molecule has 0 radical (unpaired) electrons. The molecule has 1 aromatic heterocycles. The fraction of sp³-hybridized carbons (Fsp3) is 0.500. The summed E-state index contributed by atoms with van der Waals surface area (Å²) in [7, 11) is 0. The van der Waals surface area contributed by atoms with E-state index in [4.69, 9.17) is 28.3 Å². The van der Waals surface area contributed by atoms with E-state index in [2.05, 4.69) is 20.3 Å². The fourth-order valence-corrected chi connectivity index (χ4v) is 1.03. The van der Waals surface area contributed by atoms with Crippen molar-refractivity contribution in [3.63, 3.8) is 0 Å². The third kappa shape index (κ3) is 4.06. The second-order valence-electron chi connectivity index (χ2n) is 2.56. The molecule has 0 bridgehead atoms. The number of nitrogens with one attached hydrogen (secondary N) is 1. The molecule has 1 aromatic rings. The molecular weight excluding hydrogens is 253 g/mol. The van der Waals surface area contributed by atoms with Gasteiger partial charge in [-0.1, -0.05) is 0 Å². The van der Waals surface area contributed by atoms with Gasteiger partial charge < -0.3 is 10.4 Å². The number of aliphatic hydroxyl groups excluding tert-OH is 1. The van der Waals surface area contributed by atoms with Crippen LogP contribution in [-0.4, -0.2) is 39.1 Å². The first-order valence-corrected chi connectivity index (χ1v) is 4.48. The normalized spacial score (nSPS) is 11.5. The molecule has 0 saturated heterocycles. The van der Waals surface area contributed by atoms with Gasteiger partial charge >= 0.3 is 0 Å². The van der Waals surface area contributed by atoms with Gasteiger partial charge in [0.1, 0.15) is 6.61 Å². The summed E-state index contributed by atoms with van der Waals surface area (Å²) in [5, 5.41) is 10.1. The first-order chi connectivity index (χ1) is 6.93. The van der Waals surface area contributed by atoms with Crippen LogP contribution in [0.4, 0.5) is 14.7 Å². The zero-order chi connectivity index (χ0) is 11.5. The summed E-state index contributed by atoms with van der Waals surface area (Å²) in [6.07, 6.45) is 0. The third-order valence-electron chi connectivity index (χ3n) is 1.32. The molecule has 0 aromatic carbocycles. The molecule has 0 aliphatic carbocycles. The average Bonchev–Trinajstić information content (AvgIpc) is 2.14. The van der Waals surface area contributed by atoms with Crippen LogP contribution in [0.15, 0.2) is 0 Å². The van der Waals surface area contributed by atoms with Crippen molar-refractivity contribution in [3.8, 4) is 0 Å². The van der Waals surface area contributed by atoms with Crippen LogP contribution in [0.1, 0.15) is 0 Å². The first kappa shape index (κ1) is 12.3. The van der Waals surface area contributed by atoms with Crippen molar-refractivity contribution < 1.29 is 13.9 Å². The highest BCUT2D eigenvalue weighted by Crippen LogP contribution is 2.14. The minimum absolute atomic E-state index is 0.173. The van der Waals surface area contributed by atoms with Crippen LogP contribution in [-0.2, 0) is 0 Å². The molecule has 0 saturated carbocycles. The van der Waals surface area contributed by atoms with Crippen molar-refractivity contribution in [2.24, 2.45) is 0 Å². The van der Waals surface area contributed by atoms with E-state index in [1.54, 1.807) is 0 Å². The van der Waals surface area contributed by atoms with Crippen molar-refractivity contribution in [2.45, 2.75) is 5.92 Å². The highest BCUT2D eigenvalue weighted by atomic mass is 35.5. The lowest BCUT2D eigenvalue weighted by Crippen LogP contribution is -2.31. The van der Waals surface area contributed by atoms with E-state index in [1.165, 1.54) is 0 Å². The Bertz CT molecular complexity index is 332. The van der Waals surface area contributed by atoms with Gasteiger partial charge in [-0.3, -0.25) is 0 Å². The Morgan fingerprint density at radius 1 is 1.20 bits per heavy atom. The van der Waals surface area contributed by atoms with Crippen LogP contribution in [0.5, 0.6) is 0 Å². The zero-order valence-electron chi connectivity index (χ0n) is 7.21. The largest absolute Gasteiger partial charge is 0.390 e. The second-order valence-corrected chi connectivity index (χ2v) is 3.24. The minimum Gasteiger partial charge on any atom is -0.390 e. The third-order valence-corrected chi connectivity index (χ3v) is 1.66. The first-order valence-electron chi connectivity index (χ1n) is 3.72. The quantitative estimate of drug-likeness (QED) is 0.850. The Morgan fingerprint density at radius 3 is 2.20 bits per heavy atom. The lowest BCUT2D eigenvalue weighted by Gasteiger charge is -2.13. The van der Waals surface area contributed by atoms with E-state index in [0.717, 1.165) is 0 Å². The van der Waals surface area contributed by atoms with Gasteiger partial charge in [0.05, 0.1) is 6.54 Å². The van der Waals surface area contributed by atoms with Crippen molar-refractivity contribution in [2.75, 3.05) is 18.5 Å². The van der Waals surface area contributed by atoms with E-state index in [0.29, 0.717) is 0 Å². The van der Waals surface area contributed by atoms with Crippen LogP contribution < -0.4 is 5.32 Å². The van der Waals surface area contributed by atoms with E-state index in [9.17, 15) is 8.78 Å². The molecule has 9 heteroatoms. The van der Waals surface area contributed by atoms with Gasteiger partial charge in [-0.05, 0) is 23.2 Å². The number of hydrogen-bond donors (Lipinski definition) is 2. The number of aromatic nitrogens is 3. The number of aliphatic hydroxyl groups is 1. The molecule has 0 fully saturated rings. The topological polar surface area (TPSA) is 70.9 Å². The zero-order valence-corrected chi connectivity index (χ0v) is 8.73. The van der Waals surface area contributed by atoms with Crippen LogP contribution in [0.3, 0.4) is 0 Å². The molecule has 0 aliphatic heterocycles. The van der Waals surface area contributed by atoms with E-state index in [1.807, 2.05) is 0 Å². The molecule has 2 N–H and O–H groups in total. The van der Waals surface area contributed by atoms with Crippen molar-refractivity contribution in [3.05, 3.63) is 10.6 Å². The molecule has 84 valence electrons. The van der Waals surface area contributed by atoms with Crippen molar-refractivity contribution in [1.82, 2.24) is 15.0 Å². The van der Waals surface area contributed by atoms with Crippen molar-refractivity contribution >= 4 is 29.2 Å². The predicted molar refractivity (Wildman–Crippen MR) is 50.4 cm³/mol. The molecule has 0 spiro atoms. The van der Waals surface area contributed by atoms with Crippen molar-refractivity contribution in [1.29, 1.82) is 0 Å². The molecule has 5 nitrogen and oxygen atoms in total. The van der Waals surface area contributed by atoms with Gasteiger partial charge in [-0.2, -0.15) is 15.0 Å². The summed E-state index contributed by atoms with van der Waals surface area (Å²) in [4.78, 5) is 10.4. The summed E-state index contributed by atoms with van der Waals surface area (Å²) < 4.78 is 25.2. The maximum absolute atomic E-state index is 12.6. The molecule has 15 heavy (non-hydrogen) atoms. The van der Waals surface area contributed by atoms with Gasteiger partial charge in [-0.25, -0.2) is 8.78 Å². The molecule has 1 rings (SSSR count). The van der Waals surface area contributed by atoms with Gasteiger partial charge in [0, 0.05) is 0 Å². The minimum atomic E-state index is -3.26. The Balaban J connectivity index is 2.65. The van der Waals surface area contributed by atoms with E-state index in [-0.39, 0.29) is 16.5 Å². The monoisotopic (exact) mass is 258 g/mol. The number of rotatable bonds is 4. The highest BCUT2D eigenvalue weighted by molar-refractivity contribution is 6.31. The van der Waals surface area contributed by atoms with E-state index < -0.39 is 19.1 Å². The molecule has 0 aliphatic rings. The van der Waals surface area contributed by atoms with Gasteiger partial charge in [0.25, 0.3) is 5.92 Å². The lowest BCUT2D eigenvalue weighted by atomic mass is 10.3. The van der Waals surface area contributed by atoms with Gasteiger partial charge in [0.2, 0.25) is 16.5 Å². The number of halogens is 4. The van der Waals surface area contributed by atoms with Crippen LogP contribution in [0, 0.1) is 0 Å². The lowest BCUT2D eigenvalue weighted by molar-refractivity contribution is -0.0374. The molecule has 0 atom stereocenters. The van der Waals surface area contributed by atoms with E-state index >= 15 is 0 Å². The maximum Gasteiger partial charge on any atom is 0.287 e. The highest BCUT2D eigenvalue weighted by Gasteiger charge is 2.27. The Hall–Kier alpha value is -0.790. The number of anilines is 1. The number of alkyl halides is 2. The van der Waals surface area contributed by atoms with Gasteiger partial charge in [0.15, 0.2) is 0 Å². The summed E-state index contributed by atoms with van der Waals surface area (Å²) in [5.41, 5.74) is 0. The SMILES string of the molecule is OCC(F)(F)CNc1nc(Cl)nc(Cl)n1. The standard InChI is InChI=1S/C6H6Cl2F2N4O/c7-3-12-4(8)14-5(13-3)11-1-6(9,10)2-15/h15H,1-2H2,(H,11,12,13,14). The Labute approximate surface area is 93.5 Å². The van der Waals surface area contributed by atoms with Crippen LogP contribution in [0.2, 0.25) is 10.6 Å². The summed E-state index contributed by atoms with van der Waals surface area (Å²) >= 11 is 10.8. The maximum atomic E-state index is 12.6. The molecule has 1 heterocycles. The van der Waals surface area contributed by atoms with Crippen LogP contribution >= 0.6 is 23.2 Å². The predicted octanol–water partition coefficient (Wildman–Crippen LogP) is 1.22. The second kappa shape index (κ2) is 4.82. The summed E-state index contributed by atoms with van der Waals surface area (Å²) in [6.45, 7) is -2.09. The Kier molecular flexibility index (Phi) is 3.95. The summed E-state index contributed by atoms with van der Waals surface area (Å²) in [6, 6.07) is 0.